The molecule has 0 unspecified atom stereocenters. The Hall–Kier alpha value is -1.74. The molecule has 25 heavy (non-hydrogen) atoms. The van der Waals surface area contributed by atoms with Crippen molar-refractivity contribution in [1.29, 1.82) is 0 Å². The highest BCUT2D eigenvalue weighted by atomic mass is 127. The van der Waals surface area contributed by atoms with E-state index in [-0.39, 0.29) is 0 Å². The Morgan fingerprint density at radius 2 is 2.04 bits per heavy atom. The quantitative estimate of drug-likeness (QED) is 0.404. The normalized spacial score (nSPS) is 12.1. The number of hydrogen-bond donors (Lipinski definition) is 0. The summed E-state index contributed by atoms with van der Waals surface area (Å²) in [6.45, 7) is 2.10. The molecule has 0 fully saturated rings. The molecule has 0 saturated heterocycles. The van der Waals surface area contributed by atoms with Gasteiger partial charge in [-0.25, -0.2) is 14.8 Å². The van der Waals surface area contributed by atoms with Crippen LogP contribution < -0.4 is 4.74 Å². The zero-order valence-corrected chi connectivity index (χ0v) is 16.8. The average Bonchev–Trinajstić information content (AvgIpc) is 2.98. The van der Waals surface area contributed by atoms with Gasteiger partial charge in [0.05, 0.1) is 12.5 Å². The predicted molar refractivity (Wildman–Crippen MR) is 106 cm³/mol. The van der Waals surface area contributed by atoms with Crippen molar-refractivity contribution in [2.24, 2.45) is 0 Å². The molecule has 0 aliphatic carbocycles. The summed E-state index contributed by atoms with van der Waals surface area (Å²) in [5.41, 5.74) is 0.998. The lowest BCUT2D eigenvalue weighted by Gasteiger charge is -2.17. The summed E-state index contributed by atoms with van der Waals surface area (Å²) in [4.78, 5) is 22.9. The van der Waals surface area contributed by atoms with Crippen molar-refractivity contribution in [3.05, 3.63) is 50.7 Å². The van der Waals surface area contributed by atoms with E-state index in [0.29, 0.717) is 12.3 Å². The molecule has 0 spiro atoms. The van der Waals surface area contributed by atoms with Crippen LogP contribution in [-0.2, 0) is 22.4 Å². The molecule has 0 bridgehead atoms. The van der Waals surface area contributed by atoms with Gasteiger partial charge in [-0.1, -0.05) is 37.3 Å². The molecule has 0 radical (unpaired) electrons. The Bertz CT molecular complexity index is 883. The lowest BCUT2D eigenvalue weighted by Crippen LogP contribution is -2.31. The number of nitrogens with zero attached hydrogens (tertiary/aromatic N) is 2. The summed E-state index contributed by atoms with van der Waals surface area (Å²) < 4.78 is 12.0. The zero-order valence-electron chi connectivity index (χ0n) is 13.9. The molecule has 0 N–H and O–H groups in total. The number of thiophene rings is 1. The van der Waals surface area contributed by atoms with Gasteiger partial charge in [0.1, 0.15) is 11.2 Å². The van der Waals surface area contributed by atoms with E-state index in [0.717, 1.165) is 25.8 Å². The van der Waals surface area contributed by atoms with Crippen molar-refractivity contribution < 1.29 is 14.3 Å². The topological polar surface area (TPSA) is 61.3 Å². The zero-order chi connectivity index (χ0) is 17.8. The summed E-state index contributed by atoms with van der Waals surface area (Å²) in [6.07, 6.45) is 2.05. The number of carbonyl (C=O) groups is 1. The van der Waals surface area contributed by atoms with E-state index in [2.05, 4.69) is 39.5 Å². The fourth-order valence-electron chi connectivity index (χ4n) is 2.50. The number of benzene rings is 1. The van der Waals surface area contributed by atoms with Crippen LogP contribution in [0.25, 0.3) is 10.2 Å². The van der Waals surface area contributed by atoms with E-state index in [4.69, 9.17) is 9.47 Å². The van der Waals surface area contributed by atoms with Crippen LogP contribution in [0.1, 0.15) is 17.4 Å². The Morgan fingerprint density at radius 1 is 1.28 bits per heavy atom. The van der Waals surface area contributed by atoms with E-state index in [1.165, 1.54) is 18.3 Å². The first kappa shape index (κ1) is 18.1. The maximum Gasteiger partial charge on any atom is 0.347 e. The molecule has 0 amide bonds. The Kier molecular flexibility index (Phi) is 5.85. The number of hydrogen-bond acceptors (Lipinski definition) is 6. The number of esters is 1. The second-order valence-electron chi connectivity index (χ2n) is 5.37. The minimum atomic E-state index is -0.758. The summed E-state index contributed by atoms with van der Waals surface area (Å²) >= 11 is 3.92. The molecule has 5 nitrogen and oxygen atoms in total. The monoisotopic (exact) mass is 468 g/mol. The van der Waals surface area contributed by atoms with Gasteiger partial charge in [0.25, 0.3) is 0 Å². The van der Waals surface area contributed by atoms with Gasteiger partial charge < -0.3 is 9.47 Å². The molecule has 2 aromatic heterocycles. The highest BCUT2D eigenvalue weighted by Crippen LogP contribution is 2.36. The Balaban J connectivity index is 1.95. The second kappa shape index (κ2) is 8.09. The summed E-state index contributed by atoms with van der Waals surface area (Å²) in [7, 11) is 1.36. The number of aryl methyl sites for hydroxylation is 1. The molecule has 1 aromatic carbocycles. The number of methoxy groups -OCH3 is 1. The minimum absolute atomic E-state index is 0.417. The van der Waals surface area contributed by atoms with Gasteiger partial charge in [-0.2, -0.15) is 0 Å². The Labute approximate surface area is 163 Å². The van der Waals surface area contributed by atoms with Crippen molar-refractivity contribution in [1.82, 2.24) is 9.97 Å². The van der Waals surface area contributed by atoms with E-state index < -0.39 is 12.1 Å². The molecule has 3 aromatic rings. The highest BCUT2D eigenvalue weighted by Gasteiger charge is 2.25. The minimum Gasteiger partial charge on any atom is -0.466 e. The second-order valence-corrected chi connectivity index (χ2v) is 7.53. The molecule has 130 valence electrons. The molecular formula is C18H17IN2O3S. The van der Waals surface area contributed by atoms with Crippen LogP contribution in [0.4, 0.5) is 0 Å². The van der Waals surface area contributed by atoms with Gasteiger partial charge in [-0.15, -0.1) is 11.3 Å². The number of aromatic nitrogens is 2. The molecule has 7 heteroatoms. The first-order valence-corrected chi connectivity index (χ1v) is 9.73. The number of rotatable bonds is 6. The van der Waals surface area contributed by atoms with Crippen molar-refractivity contribution >= 4 is 50.1 Å². The van der Waals surface area contributed by atoms with E-state index in [1.54, 1.807) is 11.3 Å². The van der Waals surface area contributed by atoms with Crippen molar-refractivity contribution in [2.45, 2.75) is 25.9 Å². The standard InChI is InChI=1S/C18H17IN2O3S/c1-3-13-15(19)14-16(20-10-21-17(14)25-13)24-12(18(22)23-2)9-11-7-5-4-6-8-11/h4-8,10,12H,3,9H2,1-2H3/t12-/m1/s1. The van der Waals surface area contributed by atoms with E-state index >= 15 is 0 Å². The van der Waals surface area contributed by atoms with Crippen molar-refractivity contribution in [3.63, 3.8) is 0 Å². The first-order valence-electron chi connectivity index (χ1n) is 7.84. The molecule has 0 aliphatic rings. The van der Waals surface area contributed by atoms with Gasteiger partial charge in [0, 0.05) is 14.9 Å². The molecule has 0 aliphatic heterocycles. The van der Waals surface area contributed by atoms with Crippen LogP contribution >= 0.6 is 33.9 Å². The largest absolute Gasteiger partial charge is 0.466 e. The first-order chi connectivity index (χ1) is 12.1. The van der Waals surface area contributed by atoms with Crippen LogP contribution in [0.3, 0.4) is 0 Å². The van der Waals surface area contributed by atoms with Gasteiger partial charge in [0.2, 0.25) is 12.0 Å². The third-order valence-electron chi connectivity index (χ3n) is 3.76. The average molecular weight is 468 g/mol. The lowest BCUT2D eigenvalue weighted by molar-refractivity contribution is -0.148. The van der Waals surface area contributed by atoms with Crippen LogP contribution in [-0.4, -0.2) is 29.2 Å². The number of ether oxygens (including phenoxy) is 2. The summed E-state index contributed by atoms with van der Waals surface area (Å²) in [5, 5.41) is 0.868. The maximum absolute atomic E-state index is 12.2. The number of carbonyl (C=O) groups excluding carboxylic acids is 1. The molecule has 1 atom stereocenters. The van der Waals surface area contributed by atoms with E-state index in [1.807, 2.05) is 30.3 Å². The molecule has 3 rings (SSSR count). The Morgan fingerprint density at radius 3 is 2.72 bits per heavy atom. The SMILES string of the molecule is CCc1sc2ncnc(O[C@H](Cc3ccccc3)C(=O)OC)c2c1I. The fraction of sp³-hybridized carbons (Fsp3) is 0.278. The summed E-state index contributed by atoms with van der Waals surface area (Å²) in [5.74, 6) is 0.00764. The smallest absolute Gasteiger partial charge is 0.347 e. The van der Waals surface area contributed by atoms with Crippen molar-refractivity contribution in [2.75, 3.05) is 7.11 Å². The van der Waals surface area contributed by atoms with Gasteiger partial charge in [-0.05, 0) is 34.6 Å². The molecular weight excluding hydrogens is 451 g/mol. The number of fused-ring (bicyclic) bond motifs is 1. The van der Waals surface area contributed by atoms with Crippen LogP contribution in [0.2, 0.25) is 0 Å². The lowest BCUT2D eigenvalue weighted by atomic mass is 10.1. The van der Waals surface area contributed by atoms with Crippen molar-refractivity contribution in [3.8, 4) is 5.88 Å². The fourth-order valence-corrected chi connectivity index (χ4v) is 4.85. The predicted octanol–water partition coefficient (Wildman–Crippen LogP) is 4.02. The third kappa shape index (κ3) is 3.92. The van der Waals surface area contributed by atoms with Gasteiger partial charge in [0.15, 0.2) is 0 Å². The number of halogens is 1. The van der Waals surface area contributed by atoms with Crippen LogP contribution in [0.15, 0.2) is 36.7 Å². The van der Waals surface area contributed by atoms with Gasteiger partial charge in [-0.3, -0.25) is 0 Å². The summed E-state index contributed by atoms with van der Waals surface area (Å²) in [6, 6.07) is 9.71. The third-order valence-corrected chi connectivity index (χ3v) is 6.56. The highest BCUT2D eigenvalue weighted by molar-refractivity contribution is 14.1. The van der Waals surface area contributed by atoms with Crippen LogP contribution in [0.5, 0.6) is 5.88 Å². The van der Waals surface area contributed by atoms with E-state index in [9.17, 15) is 4.79 Å². The maximum atomic E-state index is 12.2. The van der Waals surface area contributed by atoms with Crippen LogP contribution in [0, 0.1) is 3.57 Å². The van der Waals surface area contributed by atoms with Gasteiger partial charge >= 0.3 is 5.97 Å². The molecule has 0 saturated carbocycles. The molecule has 2 heterocycles.